The number of rotatable bonds is 4. The molecule has 0 saturated heterocycles. The van der Waals surface area contributed by atoms with Gasteiger partial charge in [0.15, 0.2) is 5.13 Å². The molecule has 0 bridgehead atoms. The number of hydrogen-bond donors (Lipinski definition) is 2. The Bertz CT molecular complexity index is 1050. The third-order valence-electron chi connectivity index (χ3n) is 4.74. The van der Waals surface area contributed by atoms with Gasteiger partial charge in [-0.05, 0) is 55.7 Å². The first-order chi connectivity index (χ1) is 13.5. The second-order valence-electron chi connectivity index (χ2n) is 6.69. The van der Waals surface area contributed by atoms with Crippen molar-refractivity contribution in [1.29, 1.82) is 0 Å². The summed E-state index contributed by atoms with van der Waals surface area (Å²) in [6.07, 6.45) is 1.54. The summed E-state index contributed by atoms with van der Waals surface area (Å²) in [7, 11) is 0. The van der Waals surface area contributed by atoms with Crippen LogP contribution in [0.25, 0.3) is 0 Å². The normalized spacial score (nSPS) is 15.1. The van der Waals surface area contributed by atoms with Gasteiger partial charge in [0.1, 0.15) is 0 Å². The number of fused-ring (bicyclic) bond motifs is 1. The maximum absolute atomic E-state index is 12.8. The lowest BCUT2D eigenvalue weighted by Crippen LogP contribution is -2.20. The van der Waals surface area contributed by atoms with Crippen LogP contribution in [0.1, 0.15) is 38.8 Å². The van der Waals surface area contributed by atoms with Crippen molar-refractivity contribution < 1.29 is 9.59 Å². The molecule has 1 heterocycles. The van der Waals surface area contributed by atoms with E-state index in [2.05, 4.69) is 31.5 Å². The number of carbonyl (C=O) groups is 2. The predicted molar refractivity (Wildman–Crippen MR) is 115 cm³/mol. The summed E-state index contributed by atoms with van der Waals surface area (Å²) in [5, 5.41) is 6.40. The number of carbonyl (C=O) groups excluding carboxylic acids is 2. The minimum atomic E-state index is -0.295. The number of benzene rings is 2. The lowest BCUT2D eigenvalue weighted by molar-refractivity contribution is -0.117. The smallest absolute Gasteiger partial charge is 0.257 e. The fourth-order valence-corrected chi connectivity index (χ4v) is 4.79. The molecule has 1 aromatic heterocycles. The highest BCUT2D eigenvalue weighted by Gasteiger charge is 2.33. The summed E-state index contributed by atoms with van der Waals surface area (Å²) in [5.74, 6) is -0.549. The average Bonchev–Trinajstić information content (AvgIpc) is 3.24. The van der Waals surface area contributed by atoms with Crippen LogP contribution in [0.3, 0.4) is 0 Å². The Morgan fingerprint density at radius 3 is 2.68 bits per heavy atom. The van der Waals surface area contributed by atoms with E-state index >= 15 is 0 Å². The summed E-state index contributed by atoms with van der Waals surface area (Å²) < 4.78 is 0.976. The van der Waals surface area contributed by atoms with Crippen molar-refractivity contribution in [1.82, 2.24) is 4.98 Å². The Morgan fingerprint density at radius 1 is 1.14 bits per heavy atom. The number of hydrogen-bond acceptors (Lipinski definition) is 4. The molecule has 1 unspecified atom stereocenters. The van der Waals surface area contributed by atoms with Gasteiger partial charge in [0, 0.05) is 20.6 Å². The number of aromatic nitrogens is 1. The number of nitrogens with one attached hydrogen (secondary N) is 2. The standard InChI is InChI=1S/C21H18BrN3O2S/c1-12-11-14(22)7-9-16(12)23-20(27)15-8-10-17-18(15)24-21(28-17)25-19(26)13-5-3-2-4-6-13/h2-7,9,11,15H,8,10H2,1H3,(H,23,27)(H,24,25,26). The maximum Gasteiger partial charge on any atom is 0.257 e. The third kappa shape index (κ3) is 3.86. The first-order valence-electron chi connectivity index (χ1n) is 8.94. The van der Waals surface area contributed by atoms with Gasteiger partial charge < -0.3 is 5.32 Å². The highest BCUT2D eigenvalue weighted by Crippen LogP contribution is 2.39. The zero-order valence-corrected chi connectivity index (χ0v) is 17.6. The molecule has 4 rings (SSSR count). The lowest BCUT2D eigenvalue weighted by atomic mass is 10.1. The fourth-order valence-electron chi connectivity index (χ4n) is 3.28. The van der Waals surface area contributed by atoms with Gasteiger partial charge in [-0.3, -0.25) is 14.9 Å². The summed E-state index contributed by atoms with van der Waals surface area (Å²) in [4.78, 5) is 30.8. The molecule has 2 N–H and O–H groups in total. The molecule has 1 aliphatic rings. The third-order valence-corrected chi connectivity index (χ3v) is 6.28. The van der Waals surface area contributed by atoms with Gasteiger partial charge in [-0.15, -0.1) is 11.3 Å². The van der Waals surface area contributed by atoms with Crippen molar-refractivity contribution in [2.24, 2.45) is 0 Å². The second kappa shape index (κ2) is 7.85. The van der Waals surface area contributed by atoms with E-state index in [4.69, 9.17) is 0 Å². The average molecular weight is 456 g/mol. The van der Waals surface area contributed by atoms with Crippen LogP contribution in [0.4, 0.5) is 10.8 Å². The van der Waals surface area contributed by atoms with Crippen LogP contribution in [-0.2, 0) is 11.2 Å². The zero-order valence-electron chi connectivity index (χ0n) is 15.2. The minimum Gasteiger partial charge on any atom is -0.325 e. The van der Waals surface area contributed by atoms with Gasteiger partial charge in [-0.25, -0.2) is 4.98 Å². The number of thiazole rings is 1. The van der Waals surface area contributed by atoms with Gasteiger partial charge in [-0.1, -0.05) is 34.1 Å². The van der Waals surface area contributed by atoms with E-state index in [-0.39, 0.29) is 17.7 Å². The van der Waals surface area contributed by atoms with Crippen LogP contribution in [-0.4, -0.2) is 16.8 Å². The largest absolute Gasteiger partial charge is 0.325 e. The van der Waals surface area contributed by atoms with E-state index in [1.54, 1.807) is 12.1 Å². The van der Waals surface area contributed by atoms with E-state index in [0.717, 1.165) is 39.1 Å². The van der Waals surface area contributed by atoms with E-state index in [1.165, 1.54) is 11.3 Å². The van der Waals surface area contributed by atoms with Crippen molar-refractivity contribution in [2.45, 2.75) is 25.7 Å². The summed E-state index contributed by atoms with van der Waals surface area (Å²) in [5.41, 5.74) is 3.16. The summed E-state index contributed by atoms with van der Waals surface area (Å²) in [6.45, 7) is 1.96. The molecule has 0 saturated carbocycles. The minimum absolute atomic E-state index is 0.0598. The van der Waals surface area contributed by atoms with Crippen molar-refractivity contribution in [3.8, 4) is 0 Å². The Labute approximate surface area is 175 Å². The Morgan fingerprint density at radius 2 is 1.93 bits per heavy atom. The Kier molecular flexibility index (Phi) is 5.28. The van der Waals surface area contributed by atoms with Gasteiger partial charge in [0.05, 0.1) is 11.6 Å². The van der Waals surface area contributed by atoms with E-state index < -0.39 is 0 Å². The van der Waals surface area contributed by atoms with Crippen molar-refractivity contribution in [3.05, 3.63) is 74.7 Å². The van der Waals surface area contributed by atoms with Crippen LogP contribution in [0.5, 0.6) is 0 Å². The molecule has 0 radical (unpaired) electrons. The monoisotopic (exact) mass is 455 g/mol. The van der Waals surface area contributed by atoms with Gasteiger partial charge in [0.2, 0.25) is 5.91 Å². The van der Waals surface area contributed by atoms with Crippen LogP contribution < -0.4 is 10.6 Å². The number of nitrogens with zero attached hydrogens (tertiary/aromatic N) is 1. The van der Waals surface area contributed by atoms with Gasteiger partial charge >= 0.3 is 0 Å². The van der Waals surface area contributed by atoms with Crippen molar-refractivity contribution in [2.75, 3.05) is 10.6 Å². The van der Waals surface area contributed by atoms with E-state index in [0.29, 0.717) is 10.7 Å². The zero-order chi connectivity index (χ0) is 19.7. The van der Waals surface area contributed by atoms with E-state index in [1.807, 2.05) is 43.3 Å². The van der Waals surface area contributed by atoms with Crippen molar-refractivity contribution in [3.63, 3.8) is 0 Å². The fraction of sp³-hybridized carbons (Fsp3) is 0.190. The number of amides is 2. The lowest BCUT2D eigenvalue weighted by Gasteiger charge is -2.13. The summed E-state index contributed by atoms with van der Waals surface area (Å²) >= 11 is 4.88. The quantitative estimate of drug-likeness (QED) is 0.572. The molecule has 0 fully saturated rings. The summed E-state index contributed by atoms with van der Waals surface area (Å²) in [6, 6.07) is 14.8. The molecular weight excluding hydrogens is 438 g/mol. The molecule has 1 atom stereocenters. The highest BCUT2D eigenvalue weighted by molar-refractivity contribution is 9.10. The van der Waals surface area contributed by atoms with E-state index in [9.17, 15) is 9.59 Å². The molecule has 5 nitrogen and oxygen atoms in total. The molecule has 1 aliphatic carbocycles. The number of halogens is 1. The molecule has 142 valence electrons. The molecule has 0 spiro atoms. The first-order valence-corrected chi connectivity index (χ1v) is 10.6. The topological polar surface area (TPSA) is 71.1 Å². The highest BCUT2D eigenvalue weighted by atomic mass is 79.9. The molecule has 0 aliphatic heterocycles. The van der Waals surface area contributed by atoms with Crippen LogP contribution in [0, 0.1) is 6.92 Å². The SMILES string of the molecule is Cc1cc(Br)ccc1NC(=O)C1CCc2sc(NC(=O)c3ccccc3)nc21. The molecule has 3 aromatic rings. The number of aryl methyl sites for hydroxylation is 2. The van der Waals surface area contributed by atoms with Crippen LogP contribution >= 0.6 is 27.3 Å². The first kappa shape index (κ1) is 18.8. The predicted octanol–water partition coefficient (Wildman–Crippen LogP) is 5.13. The molecule has 7 heteroatoms. The molecule has 2 amide bonds. The molecule has 28 heavy (non-hydrogen) atoms. The van der Waals surface area contributed by atoms with Gasteiger partial charge in [-0.2, -0.15) is 0 Å². The number of anilines is 2. The Balaban J connectivity index is 1.48. The van der Waals surface area contributed by atoms with Crippen LogP contribution in [0.15, 0.2) is 53.0 Å². The maximum atomic E-state index is 12.8. The second-order valence-corrected chi connectivity index (χ2v) is 8.69. The van der Waals surface area contributed by atoms with Crippen LogP contribution in [0.2, 0.25) is 0 Å². The molecule has 2 aromatic carbocycles. The Hall–Kier alpha value is -2.51. The van der Waals surface area contributed by atoms with Gasteiger partial charge in [0.25, 0.3) is 5.91 Å². The molecular formula is C21H18BrN3O2S. The van der Waals surface area contributed by atoms with Crippen molar-refractivity contribution >= 4 is 49.9 Å².